The van der Waals surface area contributed by atoms with Crippen molar-refractivity contribution in [3.63, 3.8) is 0 Å². The number of hydrogen-bond acceptors (Lipinski definition) is 2. The van der Waals surface area contributed by atoms with Gasteiger partial charge in [0, 0.05) is 5.92 Å². The van der Waals surface area contributed by atoms with E-state index in [9.17, 15) is 4.79 Å². The SMILES string of the molecule is CC(/C=C/C=C/c1ccccc1)=N/NC(=O)[C@H]1C[C@@H]1c1ccccc1. The molecule has 0 saturated heterocycles. The van der Waals surface area contributed by atoms with Crippen molar-refractivity contribution >= 4 is 17.7 Å². The van der Waals surface area contributed by atoms with Crippen LogP contribution in [0.25, 0.3) is 6.08 Å². The Morgan fingerprint density at radius 2 is 1.72 bits per heavy atom. The second-order valence-corrected chi connectivity index (χ2v) is 6.22. The van der Waals surface area contributed by atoms with Crippen molar-refractivity contribution < 1.29 is 4.79 Å². The van der Waals surface area contributed by atoms with E-state index in [-0.39, 0.29) is 11.8 Å². The van der Waals surface area contributed by atoms with Gasteiger partial charge >= 0.3 is 0 Å². The number of carbonyl (C=O) groups is 1. The van der Waals surface area contributed by atoms with E-state index < -0.39 is 0 Å². The van der Waals surface area contributed by atoms with Crippen LogP contribution in [0.2, 0.25) is 0 Å². The number of hydrogen-bond donors (Lipinski definition) is 1. The molecule has 1 N–H and O–H groups in total. The van der Waals surface area contributed by atoms with Gasteiger partial charge in [0.05, 0.1) is 5.71 Å². The molecule has 1 amide bonds. The second-order valence-electron chi connectivity index (χ2n) is 6.22. The second kappa shape index (κ2) is 8.25. The molecule has 0 spiro atoms. The smallest absolute Gasteiger partial charge is 0.243 e. The van der Waals surface area contributed by atoms with Crippen molar-refractivity contribution in [3.05, 3.63) is 90.0 Å². The molecule has 0 heterocycles. The summed E-state index contributed by atoms with van der Waals surface area (Å²) in [4.78, 5) is 12.2. The fraction of sp³-hybridized carbons (Fsp3) is 0.182. The van der Waals surface area contributed by atoms with Crippen molar-refractivity contribution in [3.8, 4) is 0 Å². The Bertz CT molecular complexity index is 791. The van der Waals surface area contributed by atoms with Crippen molar-refractivity contribution in [1.29, 1.82) is 0 Å². The van der Waals surface area contributed by atoms with Crippen molar-refractivity contribution in [1.82, 2.24) is 5.43 Å². The van der Waals surface area contributed by atoms with Crippen molar-refractivity contribution in [2.45, 2.75) is 19.3 Å². The normalized spacial score (nSPS) is 20.1. The van der Waals surface area contributed by atoms with E-state index in [1.807, 2.05) is 79.8 Å². The summed E-state index contributed by atoms with van der Waals surface area (Å²) in [6.07, 6.45) is 8.68. The average molecular weight is 330 g/mol. The van der Waals surface area contributed by atoms with Gasteiger partial charge in [0.15, 0.2) is 0 Å². The van der Waals surface area contributed by atoms with E-state index in [2.05, 4.69) is 22.7 Å². The molecular weight excluding hydrogens is 308 g/mol. The third-order valence-corrected chi connectivity index (χ3v) is 4.23. The molecule has 25 heavy (non-hydrogen) atoms. The van der Waals surface area contributed by atoms with E-state index in [0.29, 0.717) is 5.92 Å². The van der Waals surface area contributed by atoms with Gasteiger partial charge in [0.2, 0.25) is 5.91 Å². The van der Waals surface area contributed by atoms with Crippen LogP contribution >= 0.6 is 0 Å². The highest BCUT2D eigenvalue weighted by atomic mass is 16.2. The molecule has 0 bridgehead atoms. The Morgan fingerprint density at radius 3 is 2.44 bits per heavy atom. The van der Waals surface area contributed by atoms with Gasteiger partial charge in [-0.3, -0.25) is 4.79 Å². The van der Waals surface area contributed by atoms with Gasteiger partial charge in [-0.25, -0.2) is 5.43 Å². The number of nitrogens with zero attached hydrogens (tertiary/aromatic N) is 1. The summed E-state index contributed by atoms with van der Waals surface area (Å²) in [5, 5.41) is 4.15. The molecule has 2 aromatic carbocycles. The van der Waals surface area contributed by atoms with Gasteiger partial charge in [0.1, 0.15) is 0 Å². The van der Waals surface area contributed by atoms with Gasteiger partial charge in [-0.1, -0.05) is 78.9 Å². The molecule has 0 aromatic heterocycles. The summed E-state index contributed by atoms with van der Waals surface area (Å²) < 4.78 is 0. The number of hydrazone groups is 1. The molecule has 0 aliphatic heterocycles. The molecule has 3 rings (SSSR count). The third-order valence-electron chi connectivity index (χ3n) is 4.23. The molecule has 3 heteroatoms. The van der Waals surface area contributed by atoms with Crippen molar-refractivity contribution in [2.24, 2.45) is 11.0 Å². The number of allylic oxidation sites excluding steroid dienone is 3. The Balaban J connectivity index is 1.46. The molecule has 3 nitrogen and oxygen atoms in total. The molecule has 1 aliphatic rings. The van der Waals surface area contributed by atoms with Crippen LogP contribution in [0.3, 0.4) is 0 Å². The minimum atomic E-state index is 0.00132. The molecular formula is C22H22N2O. The van der Waals surface area contributed by atoms with Gasteiger partial charge in [0.25, 0.3) is 0 Å². The third kappa shape index (κ3) is 5.01. The van der Waals surface area contributed by atoms with E-state index in [1.54, 1.807) is 0 Å². The summed E-state index contributed by atoms with van der Waals surface area (Å²) in [6.45, 7) is 1.87. The highest BCUT2D eigenvalue weighted by Gasteiger charge is 2.43. The Kier molecular flexibility index (Phi) is 5.57. The Morgan fingerprint density at radius 1 is 1.04 bits per heavy atom. The zero-order valence-electron chi connectivity index (χ0n) is 14.3. The lowest BCUT2D eigenvalue weighted by atomic mass is 10.1. The standard InChI is InChI=1S/C22H22N2O/c1-17(10-8-9-13-18-11-4-2-5-12-18)23-24-22(25)21-16-20(21)19-14-6-3-7-15-19/h2-15,20-21H,16H2,1H3,(H,24,25)/b10-8+,13-9+,23-17-/t20-,21+/m1/s1. The highest BCUT2D eigenvalue weighted by Crippen LogP contribution is 2.47. The lowest BCUT2D eigenvalue weighted by Gasteiger charge is -2.00. The zero-order chi connectivity index (χ0) is 17.5. The van der Waals surface area contributed by atoms with Crippen LogP contribution in [0.4, 0.5) is 0 Å². The molecule has 126 valence electrons. The van der Waals surface area contributed by atoms with Crippen LogP contribution in [0.5, 0.6) is 0 Å². The fourth-order valence-corrected chi connectivity index (χ4v) is 2.74. The molecule has 2 aromatic rings. The number of benzene rings is 2. The molecule has 2 atom stereocenters. The topological polar surface area (TPSA) is 41.5 Å². The molecule has 1 aliphatic carbocycles. The monoisotopic (exact) mass is 330 g/mol. The van der Waals surface area contributed by atoms with E-state index >= 15 is 0 Å². The predicted octanol–water partition coefficient (Wildman–Crippen LogP) is 4.55. The summed E-state index contributed by atoms with van der Waals surface area (Å²) in [5.74, 6) is 0.378. The minimum Gasteiger partial charge on any atom is -0.273 e. The Hall–Kier alpha value is -2.94. The maximum atomic E-state index is 12.2. The zero-order valence-corrected chi connectivity index (χ0v) is 14.3. The van der Waals surface area contributed by atoms with Crippen LogP contribution in [0.15, 0.2) is 84.0 Å². The maximum Gasteiger partial charge on any atom is 0.243 e. The van der Waals surface area contributed by atoms with E-state index in [4.69, 9.17) is 0 Å². The summed E-state index contributed by atoms with van der Waals surface area (Å²) in [6, 6.07) is 20.3. The van der Waals surface area contributed by atoms with Gasteiger partial charge in [-0.15, -0.1) is 0 Å². The first kappa shape index (κ1) is 16.9. The quantitative estimate of drug-likeness (QED) is 0.471. The Labute approximate surface area is 148 Å². The van der Waals surface area contributed by atoms with Gasteiger partial charge in [-0.05, 0) is 36.5 Å². The minimum absolute atomic E-state index is 0.00132. The molecule has 1 fully saturated rings. The van der Waals surface area contributed by atoms with E-state index in [0.717, 1.165) is 17.7 Å². The lowest BCUT2D eigenvalue weighted by Crippen LogP contribution is -2.21. The summed E-state index contributed by atoms with van der Waals surface area (Å²) in [7, 11) is 0. The van der Waals surface area contributed by atoms with E-state index in [1.165, 1.54) is 5.56 Å². The number of rotatable bonds is 6. The molecule has 0 radical (unpaired) electrons. The fourth-order valence-electron chi connectivity index (χ4n) is 2.74. The summed E-state index contributed by atoms with van der Waals surface area (Å²) in [5.41, 5.74) is 5.82. The van der Waals surface area contributed by atoms with Crippen LogP contribution in [-0.4, -0.2) is 11.6 Å². The maximum absolute atomic E-state index is 12.2. The first-order valence-corrected chi connectivity index (χ1v) is 8.53. The molecule has 0 unspecified atom stereocenters. The molecule has 1 saturated carbocycles. The number of nitrogens with one attached hydrogen (secondary N) is 1. The first-order valence-electron chi connectivity index (χ1n) is 8.53. The first-order chi connectivity index (χ1) is 12.2. The van der Waals surface area contributed by atoms with Crippen LogP contribution in [-0.2, 0) is 4.79 Å². The largest absolute Gasteiger partial charge is 0.273 e. The highest BCUT2D eigenvalue weighted by molar-refractivity contribution is 5.94. The van der Waals surface area contributed by atoms with Gasteiger partial charge in [-0.2, -0.15) is 5.10 Å². The number of amides is 1. The summed E-state index contributed by atoms with van der Waals surface area (Å²) >= 11 is 0. The van der Waals surface area contributed by atoms with Crippen molar-refractivity contribution in [2.75, 3.05) is 0 Å². The van der Waals surface area contributed by atoms with Gasteiger partial charge < -0.3 is 0 Å². The average Bonchev–Trinajstić information content (AvgIpc) is 3.46. The van der Waals surface area contributed by atoms with Crippen LogP contribution in [0.1, 0.15) is 30.4 Å². The predicted molar refractivity (Wildman–Crippen MR) is 103 cm³/mol. The van der Waals surface area contributed by atoms with Crippen LogP contribution < -0.4 is 5.43 Å². The lowest BCUT2D eigenvalue weighted by molar-refractivity contribution is -0.122. The number of carbonyl (C=O) groups excluding carboxylic acids is 1. The van der Waals surface area contributed by atoms with Crippen LogP contribution in [0, 0.1) is 5.92 Å².